The maximum absolute atomic E-state index is 12.7. The number of phosphoric ester groups is 1. The molecule has 0 bridgehead atoms. The molecule has 0 heterocycles. The number of hydrogen-bond donors (Lipinski definition) is 3. The first-order chi connectivity index (χ1) is 31.0. The molecule has 0 aromatic heterocycles. The van der Waals surface area contributed by atoms with Crippen LogP contribution in [0.3, 0.4) is 0 Å². The molecule has 3 N–H and O–H groups in total. The van der Waals surface area contributed by atoms with Gasteiger partial charge in [0, 0.05) is 6.42 Å². The molecular formula is C55H96N2O6P+. The Bertz CT molecular complexity index is 1400. The first kappa shape index (κ1) is 61.2. The first-order valence-electron chi connectivity index (χ1n) is 25.3. The van der Waals surface area contributed by atoms with Crippen LogP contribution in [0.5, 0.6) is 0 Å². The van der Waals surface area contributed by atoms with Gasteiger partial charge in [-0.2, -0.15) is 0 Å². The largest absolute Gasteiger partial charge is 0.472 e. The molecule has 0 radical (unpaired) electrons. The highest BCUT2D eigenvalue weighted by Gasteiger charge is 2.27. The number of unbranched alkanes of at least 4 members (excludes halogenated alkanes) is 15. The quantitative estimate of drug-likeness (QED) is 0.0243. The van der Waals surface area contributed by atoms with Crippen LogP contribution in [-0.2, 0) is 18.4 Å². The van der Waals surface area contributed by atoms with Crippen molar-refractivity contribution in [3.05, 3.63) is 109 Å². The van der Waals surface area contributed by atoms with Gasteiger partial charge in [-0.05, 0) is 77.0 Å². The number of aliphatic hydroxyl groups excluding tert-OH is 1. The van der Waals surface area contributed by atoms with Crippen LogP contribution in [-0.4, -0.2) is 73.4 Å². The van der Waals surface area contributed by atoms with Gasteiger partial charge in [0.25, 0.3) is 0 Å². The Hall–Kier alpha value is -2.84. The normalized spacial score (nSPS) is 15.0. The van der Waals surface area contributed by atoms with Crippen molar-refractivity contribution in [2.24, 2.45) is 0 Å². The second-order valence-electron chi connectivity index (χ2n) is 17.8. The number of rotatable bonds is 44. The number of likely N-dealkylation sites (N-methyl/N-ethyl adjacent to an activating group) is 1. The Labute approximate surface area is 393 Å². The van der Waals surface area contributed by atoms with Crippen molar-refractivity contribution in [2.45, 2.75) is 193 Å². The Kier molecular flexibility index (Phi) is 43.3. The summed E-state index contributed by atoms with van der Waals surface area (Å²) in [4.78, 5) is 22.8. The summed E-state index contributed by atoms with van der Waals surface area (Å²) in [6, 6.07) is -0.847. The zero-order valence-corrected chi connectivity index (χ0v) is 42.4. The molecule has 0 fully saturated rings. The van der Waals surface area contributed by atoms with Gasteiger partial charge in [0.05, 0.1) is 39.9 Å². The van der Waals surface area contributed by atoms with Gasteiger partial charge in [-0.25, -0.2) is 4.57 Å². The van der Waals surface area contributed by atoms with Crippen LogP contribution in [0, 0.1) is 0 Å². The molecule has 0 aliphatic carbocycles. The minimum absolute atomic E-state index is 0.0556. The van der Waals surface area contributed by atoms with Gasteiger partial charge in [-0.15, -0.1) is 0 Å². The van der Waals surface area contributed by atoms with E-state index in [2.05, 4.69) is 109 Å². The monoisotopic (exact) mass is 912 g/mol. The van der Waals surface area contributed by atoms with Crippen LogP contribution >= 0.6 is 7.82 Å². The smallest absolute Gasteiger partial charge is 0.387 e. The Morgan fingerprint density at radius 3 is 1.34 bits per heavy atom. The van der Waals surface area contributed by atoms with Crippen molar-refractivity contribution in [3.63, 3.8) is 0 Å². The van der Waals surface area contributed by atoms with Crippen molar-refractivity contribution < 1.29 is 32.9 Å². The highest BCUT2D eigenvalue weighted by Crippen LogP contribution is 2.43. The van der Waals surface area contributed by atoms with Crippen molar-refractivity contribution in [1.29, 1.82) is 0 Å². The van der Waals surface area contributed by atoms with E-state index in [1.165, 1.54) is 77.0 Å². The van der Waals surface area contributed by atoms with Gasteiger partial charge in [-0.1, -0.05) is 207 Å². The van der Waals surface area contributed by atoms with Crippen LogP contribution in [0.15, 0.2) is 109 Å². The predicted molar refractivity (Wildman–Crippen MR) is 276 cm³/mol. The summed E-state index contributed by atoms with van der Waals surface area (Å²) in [5.41, 5.74) is 0. The fourth-order valence-corrected chi connectivity index (χ4v) is 7.27. The predicted octanol–water partition coefficient (Wildman–Crippen LogP) is 14.9. The average Bonchev–Trinajstić information content (AvgIpc) is 3.25. The van der Waals surface area contributed by atoms with Gasteiger partial charge in [0.15, 0.2) is 0 Å². The molecule has 9 heteroatoms. The van der Waals surface area contributed by atoms with E-state index in [1.54, 1.807) is 6.08 Å². The molecule has 0 rings (SSSR count). The molecule has 8 nitrogen and oxygen atoms in total. The summed E-state index contributed by atoms with van der Waals surface area (Å²) < 4.78 is 23.2. The summed E-state index contributed by atoms with van der Waals surface area (Å²) in [7, 11) is 1.55. The molecule has 64 heavy (non-hydrogen) atoms. The Morgan fingerprint density at radius 1 is 0.547 bits per heavy atom. The van der Waals surface area contributed by atoms with E-state index in [9.17, 15) is 19.4 Å². The number of aliphatic hydroxyl groups is 1. The number of allylic oxidation sites excluding steroid dienone is 17. The van der Waals surface area contributed by atoms with Gasteiger partial charge >= 0.3 is 7.82 Å². The lowest BCUT2D eigenvalue weighted by molar-refractivity contribution is -0.870. The second-order valence-corrected chi connectivity index (χ2v) is 19.3. The summed E-state index contributed by atoms with van der Waals surface area (Å²) in [6.07, 6.45) is 67.1. The number of phosphoric acid groups is 1. The standard InChI is InChI=1S/C55H95N2O6P/c1-6-8-10-11-12-13-14-15-16-17-18-19-20-21-22-23-24-25-26-27-28-29-30-31-32-33-34-35-36-37-38-39-40-41-42-43-44-45-47-49-55(59)56-53(54(58)48-46-9-7-2)52-63-64(60,61)62-51-50-57(3,4)5/h8,10,12-13,15-16,18-19,21-22,24-25,27-28,30-31,46,48,53-54,58H,6-7,9,11,14,17,20,23,26,29,32-45,47,49-52H2,1-5H3,(H-,56,59,60,61)/p+1/b10-8-,13-12-,16-15-,19-18-,22-21-,25-24-,28-27-,31-30-,48-46+. The highest BCUT2D eigenvalue weighted by atomic mass is 31.2. The van der Waals surface area contributed by atoms with Crippen molar-refractivity contribution in [1.82, 2.24) is 5.32 Å². The molecule has 0 saturated heterocycles. The summed E-state index contributed by atoms with van der Waals surface area (Å²) in [6.45, 7) is 4.46. The van der Waals surface area contributed by atoms with Crippen molar-refractivity contribution in [2.75, 3.05) is 40.9 Å². The van der Waals surface area contributed by atoms with Gasteiger partial charge in [0.2, 0.25) is 5.91 Å². The maximum Gasteiger partial charge on any atom is 0.472 e. The molecular weight excluding hydrogens is 816 g/mol. The Balaban J connectivity index is 3.79. The lowest BCUT2D eigenvalue weighted by Gasteiger charge is -2.25. The topological polar surface area (TPSA) is 105 Å². The van der Waals surface area contributed by atoms with Gasteiger partial charge in [0.1, 0.15) is 13.2 Å². The maximum atomic E-state index is 12.7. The lowest BCUT2D eigenvalue weighted by Crippen LogP contribution is -2.45. The average molecular weight is 912 g/mol. The lowest BCUT2D eigenvalue weighted by atomic mass is 10.0. The van der Waals surface area contributed by atoms with E-state index in [1.807, 2.05) is 34.1 Å². The zero-order chi connectivity index (χ0) is 47.1. The molecule has 3 unspecified atom stereocenters. The van der Waals surface area contributed by atoms with Crippen molar-refractivity contribution in [3.8, 4) is 0 Å². The number of nitrogens with zero attached hydrogens (tertiary/aromatic N) is 1. The summed E-state index contributed by atoms with van der Waals surface area (Å²) in [5.74, 6) is -0.195. The van der Waals surface area contributed by atoms with E-state index in [0.29, 0.717) is 17.4 Å². The molecule has 366 valence electrons. The summed E-state index contributed by atoms with van der Waals surface area (Å²) in [5, 5.41) is 13.5. The van der Waals surface area contributed by atoms with Crippen LogP contribution in [0.25, 0.3) is 0 Å². The second kappa shape index (κ2) is 45.3. The molecule has 0 spiro atoms. The number of hydrogen-bond acceptors (Lipinski definition) is 5. The molecule has 0 aliphatic heterocycles. The van der Waals surface area contributed by atoms with E-state index in [0.717, 1.165) is 83.5 Å². The third kappa shape index (κ3) is 47.1. The zero-order valence-electron chi connectivity index (χ0n) is 41.5. The van der Waals surface area contributed by atoms with Crippen LogP contribution in [0.1, 0.15) is 181 Å². The molecule has 0 saturated carbocycles. The fraction of sp³-hybridized carbons (Fsp3) is 0.655. The summed E-state index contributed by atoms with van der Waals surface area (Å²) >= 11 is 0. The van der Waals surface area contributed by atoms with Crippen LogP contribution < -0.4 is 5.32 Å². The van der Waals surface area contributed by atoms with E-state index in [4.69, 9.17) is 9.05 Å². The molecule has 3 atom stereocenters. The SMILES string of the molecule is CC/C=C\C/C=C\C/C=C\C/C=C\C/C=C\C/C=C\C/C=C\C/C=C\CCCCCCCCCCCCCCCCC(=O)NC(COP(=O)(O)OCC[N+](C)(C)C)C(O)/C=C/CCC. The van der Waals surface area contributed by atoms with Crippen LogP contribution in [0.2, 0.25) is 0 Å². The van der Waals surface area contributed by atoms with E-state index in [-0.39, 0.29) is 19.1 Å². The highest BCUT2D eigenvalue weighted by molar-refractivity contribution is 7.47. The number of quaternary nitrogens is 1. The minimum Gasteiger partial charge on any atom is -0.387 e. The van der Waals surface area contributed by atoms with Crippen LogP contribution in [0.4, 0.5) is 0 Å². The molecule has 0 aromatic carbocycles. The fourth-order valence-electron chi connectivity index (χ4n) is 6.53. The third-order valence-electron chi connectivity index (χ3n) is 10.5. The first-order valence-corrected chi connectivity index (χ1v) is 26.8. The molecule has 0 aliphatic rings. The molecule has 1 amide bonds. The number of amides is 1. The minimum atomic E-state index is -4.32. The van der Waals surface area contributed by atoms with E-state index >= 15 is 0 Å². The Morgan fingerprint density at radius 2 is 0.938 bits per heavy atom. The van der Waals surface area contributed by atoms with E-state index < -0.39 is 20.0 Å². The number of nitrogens with one attached hydrogen (secondary N) is 1. The molecule has 0 aromatic rings. The number of carbonyl (C=O) groups is 1. The van der Waals surface area contributed by atoms with Gasteiger partial charge < -0.3 is 19.8 Å². The number of carbonyl (C=O) groups excluding carboxylic acids is 1. The third-order valence-corrected chi connectivity index (χ3v) is 11.5. The van der Waals surface area contributed by atoms with Gasteiger partial charge in [-0.3, -0.25) is 13.8 Å². The van der Waals surface area contributed by atoms with Crippen molar-refractivity contribution >= 4 is 13.7 Å².